The summed E-state index contributed by atoms with van der Waals surface area (Å²) >= 11 is 1.73. The Kier molecular flexibility index (Phi) is 4.37. The number of amides is 2. The maximum absolute atomic E-state index is 12.6. The quantitative estimate of drug-likeness (QED) is 0.823. The van der Waals surface area contributed by atoms with Crippen molar-refractivity contribution in [2.75, 3.05) is 23.0 Å². The van der Waals surface area contributed by atoms with E-state index in [1.807, 2.05) is 13.0 Å². The predicted octanol–water partition coefficient (Wildman–Crippen LogP) is 0.208. The Labute approximate surface area is 139 Å². The highest BCUT2D eigenvalue weighted by Crippen LogP contribution is 2.28. The molecular weight excluding hydrogens is 316 g/mol. The minimum atomic E-state index is -1.33. The van der Waals surface area contributed by atoms with E-state index in [0.717, 1.165) is 23.0 Å². The van der Waals surface area contributed by atoms with E-state index in [-0.39, 0.29) is 5.91 Å². The number of anilines is 1. The zero-order valence-electron chi connectivity index (χ0n) is 13.4. The Morgan fingerprint density at radius 2 is 2.17 bits per heavy atom. The van der Waals surface area contributed by atoms with Crippen molar-refractivity contribution >= 4 is 29.4 Å². The summed E-state index contributed by atoms with van der Waals surface area (Å²) < 4.78 is 1.67. The molecule has 7 nitrogen and oxygen atoms in total. The lowest BCUT2D eigenvalue weighted by molar-refractivity contribution is -0.142. The van der Waals surface area contributed by atoms with Gasteiger partial charge < -0.3 is 10.4 Å². The van der Waals surface area contributed by atoms with Crippen molar-refractivity contribution in [1.29, 1.82) is 0 Å². The fourth-order valence-corrected chi connectivity index (χ4v) is 4.29. The SMILES string of the molecule is Cc1cc(N2CCC(NC(=O)C3(O)CCSCC3)C2=O)n(C)n1. The largest absolute Gasteiger partial charge is 0.380 e. The number of aromatic nitrogens is 2. The van der Waals surface area contributed by atoms with Crippen LogP contribution in [0, 0.1) is 6.92 Å². The van der Waals surface area contributed by atoms with E-state index in [4.69, 9.17) is 0 Å². The molecule has 1 aromatic rings. The van der Waals surface area contributed by atoms with E-state index in [9.17, 15) is 14.7 Å². The van der Waals surface area contributed by atoms with Crippen molar-refractivity contribution in [2.45, 2.75) is 37.8 Å². The number of carbonyl (C=O) groups is 2. The average molecular weight is 338 g/mol. The third-order valence-electron chi connectivity index (χ3n) is 4.51. The van der Waals surface area contributed by atoms with Crippen LogP contribution >= 0.6 is 11.8 Å². The van der Waals surface area contributed by atoms with Crippen LogP contribution in [-0.4, -0.2) is 56.4 Å². The van der Waals surface area contributed by atoms with Crippen LogP contribution in [0.5, 0.6) is 0 Å². The first kappa shape index (κ1) is 16.3. The fraction of sp³-hybridized carbons (Fsp3) is 0.667. The normalized spacial score (nSPS) is 24.0. The summed E-state index contributed by atoms with van der Waals surface area (Å²) in [6, 6.07) is 1.28. The third kappa shape index (κ3) is 3.10. The lowest BCUT2D eigenvalue weighted by Crippen LogP contribution is -2.53. The molecule has 1 atom stereocenters. The minimum absolute atomic E-state index is 0.143. The number of hydrogen-bond acceptors (Lipinski definition) is 5. The molecule has 126 valence electrons. The molecule has 3 rings (SSSR count). The standard InChI is InChI=1S/C15H22N4O3S/c1-10-9-12(18(2)17-10)19-6-3-11(13(19)20)16-14(21)15(22)4-7-23-8-5-15/h9,11,22H,3-8H2,1-2H3,(H,16,21). The van der Waals surface area contributed by atoms with Gasteiger partial charge >= 0.3 is 0 Å². The smallest absolute Gasteiger partial charge is 0.252 e. The summed E-state index contributed by atoms with van der Waals surface area (Å²) in [5.41, 5.74) is -0.487. The van der Waals surface area contributed by atoms with Crippen LogP contribution in [0.15, 0.2) is 6.07 Å². The van der Waals surface area contributed by atoms with Crippen LogP contribution in [0.3, 0.4) is 0 Å². The molecule has 2 amide bonds. The molecular formula is C15H22N4O3S. The first-order valence-corrected chi connectivity index (χ1v) is 8.99. The highest BCUT2D eigenvalue weighted by molar-refractivity contribution is 7.99. The fourth-order valence-electron chi connectivity index (χ4n) is 3.12. The zero-order chi connectivity index (χ0) is 16.6. The molecule has 3 heterocycles. The van der Waals surface area contributed by atoms with Crippen LogP contribution in [0.25, 0.3) is 0 Å². The maximum atomic E-state index is 12.6. The van der Waals surface area contributed by atoms with Crippen molar-refractivity contribution in [3.63, 3.8) is 0 Å². The number of hydrogen-bond donors (Lipinski definition) is 2. The van der Waals surface area contributed by atoms with E-state index < -0.39 is 17.6 Å². The minimum Gasteiger partial charge on any atom is -0.380 e. The summed E-state index contributed by atoms with van der Waals surface area (Å²) in [4.78, 5) is 26.6. The third-order valence-corrected chi connectivity index (χ3v) is 5.49. The van der Waals surface area contributed by atoms with Gasteiger partial charge in [-0.3, -0.25) is 19.2 Å². The highest BCUT2D eigenvalue weighted by Gasteiger charge is 2.42. The van der Waals surface area contributed by atoms with Crippen molar-refractivity contribution < 1.29 is 14.7 Å². The van der Waals surface area contributed by atoms with E-state index in [2.05, 4.69) is 10.4 Å². The molecule has 8 heteroatoms. The van der Waals surface area contributed by atoms with E-state index in [1.54, 1.807) is 28.4 Å². The molecule has 2 aliphatic rings. The summed E-state index contributed by atoms with van der Waals surface area (Å²) in [5.74, 6) is 1.71. The van der Waals surface area contributed by atoms with Gasteiger partial charge in [0.15, 0.2) is 0 Å². The van der Waals surface area contributed by atoms with Crippen LogP contribution in [0.4, 0.5) is 5.82 Å². The number of aryl methyl sites for hydroxylation is 2. The maximum Gasteiger partial charge on any atom is 0.252 e. The van der Waals surface area contributed by atoms with Crippen LogP contribution in [0.2, 0.25) is 0 Å². The van der Waals surface area contributed by atoms with E-state index >= 15 is 0 Å². The Morgan fingerprint density at radius 1 is 1.48 bits per heavy atom. The second kappa shape index (κ2) is 6.16. The van der Waals surface area contributed by atoms with Crippen LogP contribution in [-0.2, 0) is 16.6 Å². The van der Waals surface area contributed by atoms with Crippen LogP contribution < -0.4 is 10.2 Å². The number of aliphatic hydroxyl groups is 1. The van der Waals surface area contributed by atoms with Gasteiger partial charge in [-0.2, -0.15) is 16.9 Å². The lowest BCUT2D eigenvalue weighted by Gasteiger charge is -2.31. The lowest BCUT2D eigenvalue weighted by atomic mass is 9.95. The molecule has 0 radical (unpaired) electrons. The molecule has 1 unspecified atom stereocenters. The second-order valence-electron chi connectivity index (χ2n) is 6.22. The van der Waals surface area contributed by atoms with Gasteiger partial charge in [0.05, 0.1) is 5.69 Å². The van der Waals surface area contributed by atoms with Gasteiger partial charge in [-0.15, -0.1) is 0 Å². The number of carbonyl (C=O) groups excluding carboxylic acids is 2. The van der Waals surface area contributed by atoms with Crippen molar-refractivity contribution in [1.82, 2.24) is 15.1 Å². The summed E-state index contributed by atoms with van der Waals surface area (Å²) in [6.45, 7) is 2.41. The number of nitrogens with zero attached hydrogens (tertiary/aromatic N) is 3. The Bertz CT molecular complexity index is 624. The van der Waals surface area contributed by atoms with E-state index in [0.29, 0.717) is 25.8 Å². The first-order chi connectivity index (χ1) is 10.9. The molecule has 23 heavy (non-hydrogen) atoms. The molecule has 0 aliphatic carbocycles. The van der Waals surface area contributed by atoms with Gasteiger partial charge in [-0.25, -0.2) is 0 Å². The Morgan fingerprint density at radius 3 is 2.78 bits per heavy atom. The average Bonchev–Trinajstić information content (AvgIpc) is 3.02. The Hall–Kier alpha value is -1.54. The van der Waals surface area contributed by atoms with Gasteiger partial charge in [0.1, 0.15) is 17.5 Å². The van der Waals surface area contributed by atoms with Gasteiger partial charge in [-0.05, 0) is 37.7 Å². The van der Waals surface area contributed by atoms with Gasteiger partial charge in [-0.1, -0.05) is 0 Å². The molecule has 2 aliphatic heterocycles. The first-order valence-electron chi connectivity index (χ1n) is 7.84. The number of rotatable bonds is 3. The second-order valence-corrected chi connectivity index (χ2v) is 7.44. The zero-order valence-corrected chi connectivity index (χ0v) is 14.2. The predicted molar refractivity (Wildman–Crippen MR) is 88.4 cm³/mol. The number of nitrogens with one attached hydrogen (secondary N) is 1. The summed E-state index contributed by atoms with van der Waals surface area (Å²) in [6.07, 6.45) is 1.42. The van der Waals surface area contributed by atoms with Gasteiger partial charge in [0.2, 0.25) is 0 Å². The van der Waals surface area contributed by atoms with Crippen molar-refractivity contribution in [3.05, 3.63) is 11.8 Å². The van der Waals surface area contributed by atoms with Gasteiger partial charge in [0, 0.05) is 19.7 Å². The van der Waals surface area contributed by atoms with Crippen LogP contribution in [0.1, 0.15) is 25.0 Å². The monoisotopic (exact) mass is 338 g/mol. The summed E-state index contributed by atoms with van der Waals surface area (Å²) in [5, 5.41) is 17.5. The number of thioether (sulfide) groups is 1. The molecule has 2 N–H and O–H groups in total. The Balaban J connectivity index is 1.67. The summed E-state index contributed by atoms with van der Waals surface area (Å²) in [7, 11) is 1.80. The van der Waals surface area contributed by atoms with Crippen molar-refractivity contribution in [3.8, 4) is 0 Å². The highest BCUT2D eigenvalue weighted by atomic mass is 32.2. The molecule has 2 saturated heterocycles. The molecule has 0 saturated carbocycles. The topological polar surface area (TPSA) is 87.5 Å². The molecule has 2 fully saturated rings. The molecule has 0 aromatic carbocycles. The van der Waals surface area contributed by atoms with E-state index in [1.165, 1.54) is 0 Å². The van der Waals surface area contributed by atoms with Crippen molar-refractivity contribution in [2.24, 2.45) is 7.05 Å². The molecule has 0 spiro atoms. The molecule has 0 bridgehead atoms. The van der Waals surface area contributed by atoms with Gasteiger partial charge in [0.25, 0.3) is 11.8 Å². The molecule has 1 aromatic heterocycles.